The van der Waals surface area contributed by atoms with Gasteiger partial charge in [-0.05, 0) is 30.2 Å². The summed E-state index contributed by atoms with van der Waals surface area (Å²) in [6.45, 7) is 5.16. The zero-order chi connectivity index (χ0) is 15.5. The van der Waals surface area contributed by atoms with Crippen LogP contribution in [0.3, 0.4) is 0 Å². The molecule has 0 aliphatic rings. The van der Waals surface area contributed by atoms with E-state index in [-0.39, 0.29) is 5.56 Å². The van der Waals surface area contributed by atoms with Gasteiger partial charge in [0.05, 0.1) is 5.39 Å². The minimum atomic E-state index is -0.158. The topological polar surface area (TPSA) is 33.2 Å². The summed E-state index contributed by atoms with van der Waals surface area (Å²) in [5, 5.41) is 1.44. The highest BCUT2D eigenvalue weighted by molar-refractivity contribution is 7.21. The summed E-state index contributed by atoms with van der Waals surface area (Å²) in [5.74, 6) is 0.468. The second kappa shape index (κ2) is 6.28. The van der Waals surface area contributed by atoms with Crippen molar-refractivity contribution < 1.29 is 0 Å². The van der Waals surface area contributed by atoms with Gasteiger partial charge in [-0.3, -0.25) is 4.79 Å². The highest BCUT2D eigenvalue weighted by Crippen LogP contribution is 2.30. The van der Waals surface area contributed by atoms with Crippen molar-refractivity contribution in [1.82, 2.24) is 4.98 Å². The Balaban J connectivity index is 2.14. The lowest BCUT2D eigenvalue weighted by molar-refractivity contribution is 0.650. The lowest BCUT2D eigenvalue weighted by Crippen LogP contribution is -2.24. The van der Waals surface area contributed by atoms with E-state index >= 15 is 0 Å². The van der Waals surface area contributed by atoms with Gasteiger partial charge in [-0.15, -0.1) is 0 Å². The van der Waals surface area contributed by atoms with Gasteiger partial charge in [0.25, 0.3) is 5.56 Å². The minimum Gasteiger partial charge on any atom is -0.317 e. The molecule has 3 rings (SSSR count). The van der Waals surface area contributed by atoms with Gasteiger partial charge in [0.1, 0.15) is 0 Å². The molecular formula is C18H18N2OS. The number of nitrogens with zero attached hydrogens (tertiary/aromatic N) is 2. The van der Waals surface area contributed by atoms with E-state index in [9.17, 15) is 4.79 Å². The molecule has 0 spiro atoms. The first-order chi connectivity index (χ1) is 10.6. The van der Waals surface area contributed by atoms with Crippen LogP contribution in [0, 0.1) is 5.92 Å². The van der Waals surface area contributed by atoms with Crippen LogP contribution in [0.1, 0.15) is 13.8 Å². The van der Waals surface area contributed by atoms with Crippen LogP contribution in [0.15, 0.2) is 59.4 Å². The van der Waals surface area contributed by atoms with Crippen molar-refractivity contribution in [1.29, 1.82) is 0 Å². The second-order valence-corrected chi connectivity index (χ2v) is 6.65. The van der Waals surface area contributed by atoms with Crippen LogP contribution in [0.25, 0.3) is 10.1 Å². The molecule has 0 radical (unpaired) electrons. The van der Waals surface area contributed by atoms with E-state index in [1.165, 1.54) is 0 Å². The van der Waals surface area contributed by atoms with Crippen molar-refractivity contribution >= 4 is 32.2 Å². The molecule has 0 bridgehead atoms. The Labute approximate surface area is 133 Å². The Kier molecular flexibility index (Phi) is 4.20. The van der Waals surface area contributed by atoms with Crippen molar-refractivity contribution in [3.8, 4) is 0 Å². The Morgan fingerprint density at radius 3 is 2.45 bits per heavy atom. The summed E-state index contributed by atoms with van der Waals surface area (Å²) in [7, 11) is 0. The van der Waals surface area contributed by atoms with Gasteiger partial charge < -0.3 is 4.90 Å². The number of hydrogen-bond acceptors (Lipinski definition) is 4. The van der Waals surface area contributed by atoms with Gasteiger partial charge in [0.15, 0.2) is 5.13 Å². The van der Waals surface area contributed by atoms with Crippen molar-refractivity contribution in [2.75, 3.05) is 11.4 Å². The normalized spacial score (nSPS) is 11.0. The van der Waals surface area contributed by atoms with Crippen molar-refractivity contribution in [2.45, 2.75) is 13.8 Å². The number of benzene rings is 2. The predicted octanol–water partition coefficient (Wildman–Crippen LogP) is 4.45. The molecule has 2 aromatic carbocycles. The molecule has 0 saturated carbocycles. The first-order valence-corrected chi connectivity index (χ1v) is 8.19. The molecule has 0 N–H and O–H groups in total. The molecule has 3 aromatic rings. The molecule has 0 aliphatic heterocycles. The number of rotatable bonds is 4. The largest absolute Gasteiger partial charge is 0.317 e. The Hall–Kier alpha value is -2.20. The number of fused-ring (bicyclic) bond motifs is 1. The van der Waals surface area contributed by atoms with Crippen LogP contribution >= 0.6 is 11.3 Å². The second-order valence-electron chi connectivity index (χ2n) is 5.64. The summed E-state index contributed by atoms with van der Waals surface area (Å²) >= 11 is 1.56. The fourth-order valence-electron chi connectivity index (χ4n) is 2.38. The molecule has 0 unspecified atom stereocenters. The molecule has 112 valence electrons. The number of para-hydroxylation sites is 1. The van der Waals surface area contributed by atoms with Gasteiger partial charge in [-0.25, -0.2) is 0 Å². The van der Waals surface area contributed by atoms with Gasteiger partial charge in [-0.1, -0.05) is 55.5 Å². The fraction of sp³-hybridized carbons (Fsp3) is 0.222. The summed E-state index contributed by atoms with van der Waals surface area (Å²) in [6.07, 6.45) is 0. The van der Waals surface area contributed by atoms with Crippen LogP contribution in [0.4, 0.5) is 10.8 Å². The zero-order valence-corrected chi connectivity index (χ0v) is 13.5. The average Bonchev–Trinajstić information content (AvgIpc) is 2.53. The van der Waals surface area contributed by atoms with Crippen LogP contribution in [-0.2, 0) is 0 Å². The predicted molar refractivity (Wildman–Crippen MR) is 94.2 cm³/mol. The standard InChI is InChI=1S/C18H18N2OS/c1-13(2)12-20(14-8-4-3-5-9-14)18-19-17(21)15-10-6-7-11-16(15)22-18/h3-11,13H,12H2,1-2H3. The maximum absolute atomic E-state index is 12.3. The molecule has 1 aromatic heterocycles. The average molecular weight is 310 g/mol. The fourth-order valence-corrected chi connectivity index (χ4v) is 3.41. The quantitative estimate of drug-likeness (QED) is 0.714. The van der Waals surface area contributed by atoms with E-state index in [1.54, 1.807) is 11.3 Å². The van der Waals surface area contributed by atoms with Gasteiger partial charge in [0, 0.05) is 16.9 Å². The van der Waals surface area contributed by atoms with Crippen LogP contribution in [0.5, 0.6) is 0 Å². The summed E-state index contributed by atoms with van der Waals surface area (Å²) < 4.78 is 0.974. The molecule has 22 heavy (non-hydrogen) atoms. The first-order valence-electron chi connectivity index (χ1n) is 7.37. The maximum Gasteiger partial charge on any atom is 0.281 e. The Morgan fingerprint density at radius 2 is 1.73 bits per heavy atom. The molecule has 1 heterocycles. The molecular weight excluding hydrogens is 292 g/mol. The third kappa shape index (κ3) is 3.02. The van der Waals surface area contributed by atoms with E-state index < -0.39 is 0 Å². The van der Waals surface area contributed by atoms with Crippen LogP contribution in [0.2, 0.25) is 0 Å². The van der Waals surface area contributed by atoms with Crippen LogP contribution < -0.4 is 10.5 Å². The minimum absolute atomic E-state index is 0.158. The smallest absolute Gasteiger partial charge is 0.281 e. The highest BCUT2D eigenvalue weighted by atomic mass is 32.1. The lowest BCUT2D eigenvalue weighted by atomic mass is 10.2. The molecule has 0 saturated heterocycles. The zero-order valence-electron chi connectivity index (χ0n) is 12.7. The van der Waals surface area contributed by atoms with E-state index in [4.69, 9.17) is 0 Å². The van der Waals surface area contributed by atoms with Crippen molar-refractivity contribution in [2.24, 2.45) is 5.92 Å². The maximum atomic E-state index is 12.3. The van der Waals surface area contributed by atoms with E-state index in [0.29, 0.717) is 11.3 Å². The summed E-state index contributed by atoms with van der Waals surface area (Å²) in [6, 6.07) is 17.8. The number of hydrogen-bond donors (Lipinski definition) is 0. The Morgan fingerprint density at radius 1 is 1.05 bits per heavy atom. The van der Waals surface area contributed by atoms with Crippen LogP contribution in [-0.4, -0.2) is 11.5 Å². The van der Waals surface area contributed by atoms with Gasteiger partial charge in [-0.2, -0.15) is 4.98 Å². The van der Waals surface area contributed by atoms with Gasteiger partial charge in [0.2, 0.25) is 0 Å². The van der Waals surface area contributed by atoms with Crippen molar-refractivity contribution in [3.05, 3.63) is 65.0 Å². The monoisotopic (exact) mass is 310 g/mol. The molecule has 0 amide bonds. The first kappa shape index (κ1) is 14.7. The van der Waals surface area contributed by atoms with E-state index in [0.717, 1.165) is 22.1 Å². The molecule has 0 atom stereocenters. The third-order valence-electron chi connectivity index (χ3n) is 3.36. The molecule has 0 aliphatic carbocycles. The van der Waals surface area contributed by atoms with E-state index in [2.05, 4.69) is 35.9 Å². The van der Waals surface area contributed by atoms with Gasteiger partial charge >= 0.3 is 0 Å². The lowest BCUT2D eigenvalue weighted by Gasteiger charge is -2.25. The van der Waals surface area contributed by atoms with Crippen molar-refractivity contribution in [3.63, 3.8) is 0 Å². The molecule has 0 fully saturated rings. The summed E-state index contributed by atoms with van der Waals surface area (Å²) in [5.41, 5.74) is 0.906. The highest BCUT2D eigenvalue weighted by Gasteiger charge is 2.15. The third-order valence-corrected chi connectivity index (χ3v) is 4.43. The number of anilines is 2. The van der Waals surface area contributed by atoms with E-state index in [1.807, 2.05) is 42.5 Å². The Bertz CT molecular complexity index is 827. The number of aromatic nitrogens is 1. The summed E-state index contributed by atoms with van der Waals surface area (Å²) in [4.78, 5) is 18.7. The SMILES string of the molecule is CC(C)CN(c1ccccc1)c1nc(=O)c2ccccc2s1. The molecule has 4 heteroatoms. The molecule has 3 nitrogen and oxygen atoms in total.